The second-order valence-corrected chi connectivity index (χ2v) is 8.71. The van der Waals surface area contributed by atoms with Crippen molar-refractivity contribution in [1.29, 1.82) is 0 Å². The van der Waals surface area contributed by atoms with E-state index in [0.717, 1.165) is 12.1 Å². The van der Waals surface area contributed by atoms with E-state index in [9.17, 15) is 26.4 Å². The van der Waals surface area contributed by atoms with Crippen LogP contribution in [0.1, 0.15) is 30.0 Å². The molecule has 1 amide bonds. The van der Waals surface area contributed by atoms with Crippen molar-refractivity contribution < 1.29 is 30.8 Å². The number of hydrogen-bond donors (Lipinski definition) is 2. The molecule has 0 unspecified atom stereocenters. The monoisotopic (exact) mass is 452 g/mol. The first kappa shape index (κ1) is 22.6. The molecule has 3 rings (SSSR count). The molecule has 0 fully saturated rings. The number of nitrogens with one attached hydrogen (secondary N) is 2. The van der Waals surface area contributed by atoms with Gasteiger partial charge in [0.1, 0.15) is 5.76 Å². The first-order valence-corrected chi connectivity index (χ1v) is 10.7. The predicted molar refractivity (Wildman–Crippen MR) is 109 cm³/mol. The summed E-state index contributed by atoms with van der Waals surface area (Å²) in [7, 11) is -3.66. The number of furan rings is 1. The third-order valence-corrected chi connectivity index (χ3v) is 5.79. The number of carbonyl (C=O) groups is 1. The molecule has 6 nitrogen and oxygen atoms in total. The molecule has 0 atom stereocenters. The van der Waals surface area contributed by atoms with Crippen LogP contribution in [0.4, 0.5) is 18.9 Å². The highest BCUT2D eigenvalue weighted by atomic mass is 32.2. The molecule has 0 saturated heterocycles. The molecule has 1 heterocycles. The molecular weight excluding hydrogens is 433 g/mol. The van der Waals surface area contributed by atoms with E-state index in [1.165, 1.54) is 48.5 Å². The zero-order chi connectivity index (χ0) is 22.8. The van der Waals surface area contributed by atoms with Crippen LogP contribution in [-0.2, 0) is 16.2 Å². The standard InChI is InChI=1S/C21H19F3N2O4S/c1-13(2)26-31(28,29)17-8-6-16(7-9-17)25-20(27)19-11-10-18(30-19)14-4-3-5-15(12-14)21(22,23)24/h3-13,26H,1-2H3,(H,25,27). The first-order valence-electron chi connectivity index (χ1n) is 9.17. The SMILES string of the molecule is CC(C)NS(=O)(=O)c1ccc(NC(=O)c2ccc(-c3cccc(C(F)(F)F)c3)o2)cc1. The number of amides is 1. The summed E-state index contributed by atoms with van der Waals surface area (Å²) < 4.78 is 70.8. The summed E-state index contributed by atoms with van der Waals surface area (Å²) in [6.07, 6.45) is -4.49. The molecule has 0 aliphatic heterocycles. The lowest BCUT2D eigenvalue weighted by molar-refractivity contribution is -0.137. The van der Waals surface area contributed by atoms with Gasteiger partial charge in [0.05, 0.1) is 10.5 Å². The Morgan fingerprint density at radius 2 is 1.68 bits per heavy atom. The third kappa shape index (κ3) is 5.53. The maximum absolute atomic E-state index is 12.9. The van der Waals surface area contributed by atoms with Crippen molar-refractivity contribution in [2.75, 3.05) is 5.32 Å². The predicted octanol–water partition coefficient (Wildman–Crippen LogP) is 4.90. The number of carbonyl (C=O) groups excluding carboxylic acids is 1. The molecule has 0 saturated carbocycles. The largest absolute Gasteiger partial charge is 0.451 e. The van der Waals surface area contributed by atoms with Gasteiger partial charge in [-0.05, 0) is 62.4 Å². The van der Waals surface area contributed by atoms with Gasteiger partial charge >= 0.3 is 6.18 Å². The zero-order valence-corrected chi connectivity index (χ0v) is 17.3. The fraction of sp³-hybridized carbons (Fsp3) is 0.190. The Labute approximate surface area is 177 Å². The Bertz CT molecular complexity index is 1180. The van der Waals surface area contributed by atoms with Gasteiger partial charge in [-0.1, -0.05) is 12.1 Å². The van der Waals surface area contributed by atoms with E-state index in [1.807, 2.05) is 0 Å². The van der Waals surface area contributed by atoms with Crippen molar-refractivity contribution in [2.45, 2.75) is 31.0 Å². The molecular formula is C21H19F3N2O4S. The van der Waals surface area contributed by atoms with Gasteiger partial charge in [-0.15, -0.1) is 0 Å². The van der Waals surface area contributed by atoms with Crippen molar-refractivity contribution >= 4 is 21.6 Å². The number of sulfonamides is 1. The van der Waals surface area contributed by atoms with Gasteiger partial charge in [0.2, 0.25) is 10.0 Å². The summed E-state index contributed by atoms with van der Waals surface area (Å²) in [4.78, 5) is 12.4. The van der Waals surface area contributed by atoms with Crippen LogP contribution in [-0.4, -0.2) is 20.4 Å². The lowest BCUT2D eigenvalue weighted by Crippen LogP contribution is -2.30. The van der Waals surface area contributed by atoms with Gasteiger partial charge in [-0.25, -0.2) is 13.1 Å². The van der Waals surface area contributed by atoms with Crippen LogP contribution in [0, 0.1) is 0 Å². The molecule has 3 aromatic rings. The maximum Gasteiger partial charge on any atom is 0.416 e. The Kier molecular flexibility index (Phi) is 6.23. The fourth-order valence-corrected chi connectivity index (χ4v) is 4.00. The molecule has 0 bridgehead atoms. The topological polar surface area (TPSA) is 88.4 Å². The molecule has 0 aliphatic rings. The van der Waals surface area contributed by atoms with E-state index >= 15 is 0 Å². The van der Waals surface area contributed by atoms with Gasteiger partial charge in [0.15, 0.2) is 5.76 Å². The fourth-order valence-electron chi connectivity index (χ4n) is 2.75. The number of benzene rings is 2. The molecule has 2 N–H and O–H groups in total. The van der Waals surface area contributed by atoms with E-state index < -0.39 is 27.7 Å². The first-order chi connectivity index (χ1) is 14.5. The number of anilines is 1. The maximum atomic E-state index is 12.9. The highest BCUT2D eigenvalue weighted by Gasteiger charge is 2.30. The molecule has 164 valence electrons. The Balaban J connectivity index is 1.74. The van der Waals surface area contributed by atoms with Crippen LogP contribution in [0.25, 0.3) is 11.3 Å². The molecule has 0 aliphatic carbocycles. The van der Waals surface area contributed by atoms with Crippen molar-refractivity contribution in [3.05, 3.63) is 72.0 Å². The smallest absolute Gasteiger partial charge is 0.416 e. The Hall–Kier alpha value is -3.11. The lowest BCUT2D eigenvalue weighted by Gasteiger charge is -2.10. The Morgan fingerprint density at radius 1 is 1.00 bits per heavy atom. The van der Waals surface area contributed by atoms with Crippen LogP contribution in [0.3, 0.4) is 0 Å². The van der Waals surface area contributed by atoms with Crippen LogP contribution >= 0.6 is 0 Å². The summed E-state index contributed by atoms with van der Waals surface area (Å²) >= 11 is 0. The van der Waals surface area contributed by atoms with Crippen molar-refractivity contribution in [1.82, 2.24) is 4.72 Å². The van der Waals surface area contributed by atoms with Crippen molar-refractivity contribution in [2.24, 2.45) is 0 Å². The second-order valence-electron chi connectivity index (χ2n) is 7.00. The van der Waals surface area contributed by atoms with Gasteiger partial charge in [0.25, 0.3) is 5.91 Å². The van der Waals surface area contributed by atoms with Crippen LogP contribution in [0.2, 0.25) is 0 Å². The zero-order valence-electron chi connectivity index (χ0n) is 16.5. The highest BCUT2D eigenvalue weighted by Crippen LogP contribution is 2.32. The summed E-state index contributed by atoms with van der Waals surface area (Å²) in [5.41, 5.74) is -0.319. The molecule has 31 heavy (non-hydrogen) atoms. The Morgan fingerprint density at radius 3 is 2.29 bits per heavy atom. The summed E-state index contributed by atoms with van der Waals surface area (Å²) in [5.74, 6) is -0.628. The van der Waals surface area contributed by atoms with E-state index in [-0.39, 0.29) is 28.0 Å². The van der Waals surface area contributed by atoms with Crippen molar-refractivity contribution in [3.63, 3.8) is 0 Å². The second kappa shape index (κ2) is 8.56. The quantitative estimate of drug-likeness (QED) is 0.557. The minimum atomic E-state index is -4.49. The third-order valence-electron chi connectivity index (χ3n) is 4.12. The minimum absolute atomic E-state index is 0.0454. The normalized spacial score (nSPS) is 12.2. The van der Waals surface area contributed by atoms with E-state index in [1.54, 1.807) is 13.8 Å². The van der Waals surface area contributed by atoms with Crippen molar-refractivity contribution in [3.8, 4) is 11.3 Å². The average molecular weight is 452 g/mol. The number of alkyl halides is 3. The van der Waals surface area contributed by atoms with Crippen LogP contribution in [0.5, 0.6) is 0 Å². The number of rotatable bonds is 6. The summed E-state index contributed by atoms with van der Waals surface area (Å²) in [6, 6.07) is 12.6. The van der Waals surface area contributed by atoms with Gasteiger partial charge in [-0.2, -0.15) is 13.2 Å². The number of hydrogen-bond acceptors (Lipinski definition) is 4. The van der Waals surface area contributed by atoms with E-state index in [0.29, 0.717) is 5.69 Å². The molecule has 1 aromatic heterocycles. The average Bonchev–Trinajstić information content (AvgIpc) is 3.17. The molecule has 2 aromatic carbocycles. The summed E-state index contributed by atoms with van der Waals surface area (Å²) in [5, 5.41) is 2.55. The minimum Gasteiger partial charge on any atom is -0.451 e. The summed E-state index contributed by atoms with van der Waals surface area (Å²) in [6.45, 7) is 3.40. The molecule has 0 radical (unpaired) electrons. The van der Waals surface area contributed by atoms with E-state index in [4.69, 9.17) is 4.42 Å². The molecule has 10 heteroatoms. The van der Waals surface area contributed by atoms with Crippen LogP contribution in [0.15, 0.2) is 70.0 Å². The van der Waals surface area contributed by atoms with Gasteiger partial charge in [0, 0.05) is 17.3 Å². The highest BCUT2D eigenvalue weighted by molar-refractivity contribution is 7.89. The van der Waals surface area contributed by atoms with Gasteiger partial charge in [-0.3, -0.25) is 4.79 Å². The molecule has 0 spiro atoms. The van der Waals surface area contributed by atoms with Crippen LogP contribution < -0.4 is 10.0 Å². The van der Waals surface area contributed by atoms with Gasteiger partial charge < -0.3 is 9.73 Å². The lowest BCUT2D eigenvalue weighted by atomic mass is 10.1. The number of halogens is 3. The van der Waals surface area contributed by atoms with E-state index in [2.05, 4.69) is 10.0 Å².